The van der Waals surface area contributed by atoms with Crippen molar-refractivity contribution in [3.8, 4) is 23.1 Å². The maximum Gasteiger partial charge on any atom is 0.230 e. The Morgan fingerprint density at radius 1 is 1.10 bits per heavy atom. The molecule has 9 heteroatoms. The van der Waals surface area contributed by atoms with E-state index in [0.717, 1.165) is 36.4 Å². The molecule has 0 spiro atoms. The second kappa shape index (κ2) is 8.31. The van der Waals surface area contributed by atoms with Crippen molar-refractivity contribution in [2.45, 2.75) is 32.7 Å². The molecular weight excluding hydrogens is 404 g/mol. The zero-order valence-corrected chi connectivity index (χ0v) is 18.8. The minimum atomic E-state index is -0.167. The van der Waals surface area contributed by atoms with E-state index in [-0.39, 0.29) is 11.9 Å². The topological polar surface area (TPSA) is 81.4 Å². The molecule has 1 aliphatic rings. The highest BCUT2D eigenvalue weighted by atomic mass is 32.1. The molecule has 1 fully saturated rings. The zero-order valence-electron chi connectivity index (χ0n) is 18.0. The first-order chi connectivity index (χ1) is 14.5. The van der Waals surface area contributed by atoms with Gasteiger partial charge in [0.15, 0.2) is 11.5 Å². The van der Waals surface area contributed by atoms with Crippen LogP contribution in [0.4, 0.5) is 0 Å². The van der Waals surface area contributed by atoms with Crippen LogP contribution in [-0.4, -0.2) is 59.0 Å². The van der Waals surface area contributed by atoms with Crippen LogP contribution in [0, 0.1) is 12.8 Å². The molecule has 4 rings (SSSR count). The highest BCUT2D eigenvalue weighted by molar-refractivity contribution is 7.17. The average Bonchev–Trinajstić information content (AvgIpc) is 3.25. The van der Waals surface area contributed by atoms with Gasteiger partial charge < -0.3 is 19.3 Å². The number of ether oxygens (including phenoxy) is 3. The van der Waals surface area contributed by atoms with Crippen LogP contribution in [0.3, 0.4) is 0 Å². The molecule has 0 unspecified atom stereocenters. The highest BCUT2D eigenvalue weighted by Gasteiger charge is 2.33. The number of aryl methyl sites for hydroxylation is 1. The monoisotopic (exact) mass is 432 g/mol. The summed E-state index contributed by atoms with van der Waals surface area (Å²) in [6, 6.07) is 3.76. The maximum atomic E-state index is 11.0. The van der Waals surface area contributed by atoms with E-state index in [0.29, 0.717) is 34.0 Å². The lowest BCUT2D eigenvalue weighted by Crippen LogP contribution is -2.36. The first kappa shape index (κ1) is 20.7. The van der Waals surface area contributed by atoms with Gasteiger partial charge >= 0.3 is 0 Å². The lowest BCUT2D eigenvalue weighted by atomic mass is 9.95. The molecule has 2 aromatic heterocycles. The average molecular weight is 433 g/mol. The van der Waals surface area contributed by atoms with Crippen LogP contribution in [0.2, 0.25) is 0 Å². The van der Waals surface area contributed by atoms with Crippen LogP contribution in [0.5, 0.6) is 23.1 Å². The first-order valence-corrected chi connectivity index (χ1v) is 10.9. The Kier molecular flexibility index (Phi) is 5.75. The van der Waals surface area contributed by atoms with E-state index in [4.69, 9.17) is 14.2 Å². The fourth-order valence-corrected chi connectivity index (χ4v) is 5.26. The Bertz CT molecular complexity index is 1010. The number of nitrogens with zero attached hydrogens (tertiary/aromatic N) is 4. The third-order valence-corrected chi connectivity index (χ3v) is 6.81. The minimum absolute atomic E-state index is 0.132. The first-order valence-electron chi connectivity index (χ1n) is 10.1. The van der Waals surface area contributed by atoms with Crippen molar-refractivity contribution < 1.29 is 19.3 Å². The normalized spacial score (nSPS) is 16.7. The Labute approximate surface area is 180 Å². The molecule has 3 heterocycles. The van der Waals surface area contributed by atoms with E-state index in [9.17, 15) is 5.11 Å². The Balaban J connectivity index is 1.87. The predicted molar refractivity (Wildman–Crippen MR) is 115 cm³/mol. The summed E-state index contributed by atoms with van der Waals surface area (Å²) >= 11 is 1.46. The number of aromatic hydroxyl groups is 1. The molecule has 1 saturated heterocycles. The van der Waals surface area contributed by atoms with Crippen molar-refractivity contribution in [3.63, 3.8) is 0 Å². The number of aromatic nitrogens is 3. The minimum Gasteiger partial charge on any atom is -0.493 e. The van der Waals surface area contributed by atoms with Crippen LogP contribution in [0.25, 0.3) is 4.96 Å². The van der Waals surface area contributed by atoms with Gasteiger partial charge in [-0.15, -0.1) is 5.10 Å². The van der Waals surface area contributed by atoms with Gasteiger partial charge in [-0.1, -0.05) is 18.3 Å². The van der Waals surface area contributed by atoms with Gasteiger partial charge in [0.05, 0.1) is 32.2 Å². The van der Waals surface area contributed by atoms with E-state index in [2.05, 4.69) is 21.9 Å². The molecule has 30 heavy (non-hydrogen) atoms. The van der Waals surface area contributed by atoms with Crippen molar-refractivity contribution in [1.29, 1.82) is 0 Å². The Morgan fingerprint density at radius 3 is 2.27 bits per heavy atom. The van der Waals surface area contributed by atoms with Gasteiger partial charge in [-0.25, -0.2) is 4.98 Å². The van der Waals surface area contributed by atoms with E-state index >= 15 is 0 Å². The van der Waals surface area contributed by atoms with Crippen molar-refractivity contribution in [3.05, 3.63) is 28.4 Å². The number of rotatable bonds is 6. The maximum absolute atomic E-state index is 11.0. The number of fused-ring (bicyclic) bond motifs is 1. The summed E-state index contributed by atoms with van der Waals surface area (Å²) in [7, 11) is 4.82. The van der Waals surface area contributed by atoms with Gasteiger partial charge in [0.2, 0.25) is 16.6 Å². The standard InChI is InChI=1S/C21H28N4O4S/c1-12-6-8-24(9-7-12)17(19-20(26)25-21(30-19)22-13(2)23-25)14-10-15(27-3)18(29-5)16(11-14)28-4/h10-12,17,26H,6-9H2,1-5H3/t17-/m0/s1. The van der Waals surface area contributed by atoms with E-state index in [1.807, 2.05) is 19.1 Å². The fraction of sp³-hybridized carbons (Fsp3) is 0.524. The lowest BCUT2D eigenvalue weighted by molar-refractivity contribution is 0.157. The second-order valence-electron chi connectivity index (χ2n) is 7.72. The molecule has 0 radical (unpaired) electrons. The summed E-state index contributed by atoms with van der Waals surface area (Å²) < 4.78 is 18.2. The summed E-state index contributed by atoms with van der Waals surface area (Å²) in [6.45, 7) is 5.99. The smallest absolute Gasteiger partial charge is 0.230 e. The molecule has 162 valence electrons. The van der Waals surface area contributed by atoms with E-state index in [1.54, 1.807) is 21.3 Å². The van der Waals surface area contributed by atoms with Gasteiger partial charge in [-0.3, -0.25) is 4.90 Å². The van der Waals surface area contributed by atoms with Crippen molar-refractivity contribution in [2.24, 2.45) is 5.92 Å². The zero-order chi connectivity index (χ0) is 21.4. The van der Waals surface area contributed by atoms with Crippen LogP contribution in [0.1, 0.15) is 42.1 Å². The number of benzene rings is 1. The van der Waals surface area contributed by atoms with Gasteiger partial charge in [0, 0.05) is 0 Å². The largest absolute Gasteiger partial charge is 0.493 e. The quantitative estimate of drug-likeness (QED) is 0.637. The third-order valence-electron chi connectivity index (χ3n) is 5.74. The lowest BCUT2D eigenvalue weighted by Gasteiger charge is -2.36. The van der Waals surface area contributed by atoms with Crippen molar-refractivity contribution in [1.82, 2.24) is 19.5 Å². The number of piperidine rings is 1. The molecule has 1 aromatic carbocycles. The van der Waals surface area contributed by atoms with Crippen molar-refractivity contribution >= 4 is 16.3 Å². The molecule has 1 N–H and O–H groups in total. The Morgan fingerprint density at radius 2 is 1.73 bits per heavy atom. The predicted octanol–water partition coefficient (Wildman–Crippen LogP) is 3.65. The van der Waals surface area contributed by atoms with Crippen LogP contribution < -0.4 is 14.2 Å². The van der Waals surface area contributed by atoms with E-state index < -0.39 is 0 Å². The summed E-state index contributed by atoms with van der Waals surface area (Å²) in [6.07, 6.45) is 2.23. The molecule has 0 aliphatic carbocycles. The molecule has 3 aromatic rings. The molecule has 0 bridgehead atoms. The number of hydrogen-bond acceptors (Lipinski definition) is 8. The molecule has 0 amide bonds. The number of methoxy groups -OCH3 is 3. The number of hydrogen-bond donors (Lipinski definition) is 1. The number of likely N-dealkylation sites (tertiary alicyclic amines) is 1. The molecule has 1 atom stereocenters. The Hall–Kier alpha value is -2.52. The highest BCUT2D eigenvalue weighted by Crippen LogP contribution is 2.46. The van der Waals surface area contributed by atoms with Crippen LogP contribution in [-0.2, 0) is 0 Å². The molecule has 8 nitrogen and oxygen atoms in total. The van der Waals surface area contributed by atoms with Gasteiger partial charge in [0.25, 0.3) is 0 Å². The molecule has 0 saturated carbocycles. The van der Waals surface area contributed by atoms with Crippen LogP contribution in [0.15, 0.2) is 12.1 Å². The summed E-state index contributed by atoms with van der Waals surface area (Å²) in [5, 5.41) is 15.4. The van der Waals surface area contributed by atoms with Gasteiger partial charge in [-0.2, -0.15) is 4.52 Å². The second-order valence-corrected chi connectivity index (χ2v) is 8.73. The molecule has 1 aliphatic heterocycles. The SMILES string of the molecule is COc1cc([C@@H](c2sc3nc(C)nn3c2O)N2CCC(C)CC2)cc(OC)c1OC. The third kappa shape index (κ3) is 3.56. The van der Waals surface area contributed by atoms with Crippen molar-refractivity contribution in [2.75, 3.05) is 34.4 Å². The fourth-order valence-electron chi connectivity index (χ4n) is 4.10. The van der Waals surface area contributed by atoms with Gasteiger partial charge in [-0.05, 0) is 56.5 Å². The molecular formula is C21H28N4O4S. The summed E-state index contributed by atoms with van der Waals surface area (Å²) in [5.41, 5.74) is 0.968. The summed E-state index contributed by atoms with van der Waals surface area (Å²) in [5.74, 6) is 3.21. The number of thiazole rings is 1. The van der Waals surface area contributed by atoms with E-state index in [1.165, 1.54) is 15.9 Å². The summed E-state index contributed by atoms with van der Waals surface area (Å²) in [4.78, 5) is 8.34. The van der Waals surface area contributed by atoms with Crippen LogP contribution >= 0.6 is 11.3 Å². The van der Waals surface area contributed by atoms with Gasteiger partial charge in [0.1, 0.15) is 5.82 Å².